The van der Waals surface area contributed by atoms with Gasteiger partial charge in [0.1, 0.15) is 0 Å². The van der Waals surface area contributed by atoms with Crippen molar-refractivity contribution in [1.29, 1.82) is 0 Å². The molecule has 0 saturated carbocycles. The molecule has 2 rings (SSSR count). The third kappa shape index (κ3) is 3.87. The Hall–Kier alpha value is -1.84. The Balaban J connectivity index is 2.24. The van der Waals surface area contributed by atoms with E-state index in [1.54, 1.807) is 18.2 Å². The number of aliphatic carboxylic acids is 1. The molecule has 0 aliphatic carbocycles. The number of aryl methyl sites for hydroxylation is 1. The zero-order valence-electron chi connectivity index (χ0n) is 11.8. The van der Waals surface area contributed by atoms with E-state index in [2.05, 4.69) is 0 Å². The summed E-state index contributed by atoms with van der Waals surface area (Å²) < 4.78 is 0. The van der Waals surface area contributed by atoms with E-state index in [4.69, 9.17) is 23.2 Å². The van der Waals surface area contributed by atoms with Crippen LogP contribution in [-0.4, -0.2) is 16.9 Å². The number of rotatable bonds is 5. The first-order chi connectivity index (χ1) is 10.4. The molecule has 0 aromatic heterocycles. The topological polar surface area (TPSA) is 54.4 Å². The molecule has 0 spiro atoms. The number of carbonyl (C=O) groups is 2. The van der Waals surface area contributed by atoms with Gasteiger partial charge in [0, 0.05) is 12.0 Å². The molecule has 0 fully saturated rings. The second kappa shape index (κ2) is 6.95. The van der Waals surface area contributed by atoms with Crippen molar-refractivity contribution in [1.82, 2.24) is 0 Å². The molecular weight excluding hydrogens is 323 g/mol. The van der Waals surface area contributed by atoms with Crippen molar-refractivity contribution in [2.24, 2.45) is 0 Å². The van der Waals surface area contributed by atoms with Gasteiger partial charge in [0.25, 0.3) is 0 Å². The number of hydrogen-bond acceptors (Lipinski definition) is 2. The summed E-state index contributed by atoms with van der Waals surface area (Å²) in [5, 5.41) is 10.0. The molecule has 2 aromatic carbocycles. The van der Waals surface area contributed by atoms with Crippen molar-refractivity contribution in [3.05, 3.63) is 69.2 Å². The first-order valence-electron chi connectivity index (χ1n) is 6.66. The summed E-state index contributed by atoms with van der Waals surface area (Å²) in [6, 6.07) is 11.7. The molecule has 0 amide bonds. The van der Waals surface area contributed by atoms with Crippen LogP contribution in [0.1, 0.15) is 33.8 Å². The van der Waals surface area contributed by atoms with Crippen LogP contribution in [0.3, 0.4) is 0 Å². The van der Waals surface area contributed by atoms with E-state index in [1.165, 1.54) is 12.1 Å². The van der Waals surface area contributed by atoms with E-state index in [9.17, 15) is 14.7 Å². The van der Waals surface area contributed by atoms with Crippen LogP contribution in [0.2, 0.25) is 10.0 Å². The van der Waals surface area contributed by atoms with Gasteiger partial charge in [-0.2, -0.15) is 0 Å². The predicted molar refractivity (Wildman–Crippen MR) is 87.0 cm³/mol. The minimum Gasteiger partial charge on any atom is -0.481 e. The van der Waals surface area contributed by atoms with E-state index in [0.717, 1.165) is 5.56 Å². The zero-order chi connectivity index (χ0) is 16.3. The van der Waals surface area contributed by atoms with E-state index >= 15 is 0 Å². The van der Waals surface area contributed by atoms with Crippen LogP contribution >= 0.6 is 23.2 Å². The number of halogens is 2. The lowest BCUT2D eigenvalue weighted by Crippen LogP contribution is -2.16. The Kier molecular flexibility index (Phi) is 5.22. The summed E-state index contributed by atoms with van der Waals surface area (Å²) in [4.78, 5) is 23.8. The molecule has 0 aliphatic heterocycles. The van der Waals surface area contributed by atoms with Gasteiger partial charge in [-0.05, 0) is 30.7 Å². The van der Waals surface area contributed by atoms with Crippen molar-refractivity contribution >= 4 is 35.0 Å². The Morgan fingerprint density at radius 1 is 1.05 bits per heavy atom. The predicted octanol–water partition coefficient (Wildman–Crippen LogP) is 4.74. The van der Waals surface area contributed by atoms with Crippen LogP contribution in [0, 0.1) is 6.92 Å². The monoisotopic (exact) mass is 336 g/mol. The number of hydrogen-bond donors (Lipinski definition) is 1. The summed E-state index contributed by atoms with van der Waals surface area (Å²) in [7, 11) is 0. The fourth-order valence-corrected chi connectivity index (χ4v) is 2.42. The molecule has 0 saturated heterocycles. The highest BCUT2D eigenvalue weighted by molar-refractivity contribution is 6.42. The largest absolute Gasteiger partial charge is 0.481 e. The zero-order valence-corrected chi connectivity index (χ0v) is 13.4. The van der Waals surface area contributed by atoms with Crippen molar-refractivity contribution in [3.8, 4) is 0 Å². The summed E-state index contributed by atoms with van der Waals surface area (Å²) in [5.74, 6) is -2.20. The van der Waals surface area contributed by atoms with Gasteiger partial charge >= 0.3 is 5.97 Å². The average Bonchev–Trinajstić information content (AvgIpc) is 2.48. The average molecular weight is 337 g/mol. The molecule has 0 bridgehead atoms. The van der Waals surface area contributed by atoms with Crippen LogP contribution in [0.5, 0.6) is 0 Å². The lowest BCUT2D eigenvalue weighted by molar-refractivity contribution is -0.138. The van der Waals surface area contributed by atoms with Gasteiger partial charge in [0.05, 0.1) is 16.0 Å². The minimum atomic E-state index is -1.03. The van der Waals surface area contributed by atoms with Gasteiger partial charge in [0.2, 0.25) is 0 Å². The smallest absolute Gasteiger partial charge is 0.311 e. The van der Waals surface area contributed by atoms with Gasteiger partial charge in [0.15, 0.2) is 5.78 Å². The molecule has 1 atom stereocenters. The lowest BCUT2D eigenvalue weighted by Gasteiger charge is -2.12. The third-order valence-electron chi connectivity index (χ3n) is 3.41. The van der Waals surface area contributed by atoms with E-state index in [-0.39, 0.29) is 17.2 Å². The fraction of sp³-hybridized carbons (Fsp3) is 0.176. The maximum atomic E-state index is 12.3. The second-order valence-electron chi connectivity index (χ2n) is 5.06. The highest BCUT2D eigenvalue weighted by Gasteiger charge is 2.24. The number of ketones is 1. The number of Topliss-reactive ketones (excluding diaryl/α,β-unsaturated/α-hetero) is 1. The van der Waals surface area contributed by atoms with Gasteiger partial charge in [-0.1, -0.05) is 53.0 Å². The van der Waals surface area contributed by atoms with Crippen molar-refractivity contribution in [3.63, 3.8) is 0 Å². The highest BCUT2D eigenvalue weighted by atomic mass is 35.5. The Bertz CT molecular complexity index is 708. The maximum absolute atomic E-state index is 12.3. The summed E-state index contributed by atoms with van der Waals surface area (Å²) in [5.41, 5.74) is 1.99. The van der Waals surface area contributed by atoms with Gasteiger partial charge < -0.3 is 5.11 Å². The van der Waals surface area contributed by atoms with Crippen molar-refractivity contribution < 1.29 is 14.7 Å². The number of carbonyl (C=O) groups excluding carboxylic acids is 1. The first kappa shape index (κ1) is 16.5. The van der Waals surface area contributed by atoms with E-state index in [0.29, 0.717) is 16.1 Å². The molecule has 1 N–H and O–H groups in total. The van der Waals surface area contributed by atoms with Crippen LogP contribution in [0.15, 0.2) is 42.5 Å². The van der Waals surface area contributed by atoms with Gasteiger partial charge in [-0.15, -0.1) is 0 Å². The SMILES string of the molecule is Cc1ccc(C(CC(=O)c2ccc(Cl)c(Cl)c2)C(=O)O)cc1. The molecule has 5 heteroatoms. The first-order valence-corrected chi connectivity index (χ1v) is 7.41. The molecular formula is C17H14Cl2O3. The number of benzene rings is 2. The summed E-state index contributed by atoms with van der Waals surface area (Å²) in [6.45, 7) is 1.92. The fourth-order valence-electron chi connectivity index (χ4n) is 2.12. The summed E-state index contributed by atoms with van der Waals surface area (Å²) >= 11 is 11.7. The molecule has 2 aromatic rings. The number of carboxylic acids is 1. The second-order valence-corrected chi connectivity index (χ2v) is 5.87. The Labute approximate surface area is 138 Å². The normalized spacial score (nSPS) is 12.0. The van der Waals surface area contributed by atoms with E-state index in [1.807, 2.05) is 19.1 Å². The van der Waals surface area contributed by atoms with Crippen molar-refractivity contribution in [2.75, 3.05) is 0 Å². The Morgan fingerprint density at radius 2 is 1.68 bits per heavy atom. The maximum Gasteiger partial charge on any atom is 0.311 e. The molecule has 0 radical (unpaired) electrons. The molecule has 22 heavy (non-hydrogen) atoms. The van der Waals surface area contributed by atoms with Crippen LogP contribution < -0.4 is 0 Å². The molecule has 0 heterocycles. The summed E-state index contributed by atoms with van der Waals surface area (Å²) in [6.07, 6.45) is -0.129. The van der Waals surface area contributed by atoms with Crippen LogP contribution in [0.4, 0.5) is 0 Å². The molecule has 3 nitrogen and oxygen atoms in total. The van der Waals surface area contributed by atoms with Crippen LogP contribution in [0.25, 0.3) is 0 Å². The van der Waals surface area contributed by atoms with Gasteiger partial charge in [-0.25, -0.2) is 0 Å². The third-order valence-corrected chi connectivity index (χ3v) is 4.15. The van der Waals surface area contributed by atoms with Gasteiger partial charge in [-0.3, -0.25) is 9.59 Å². The molecule has 0 aliphatic rings. The van der Waals surface area contributed by atoms with Crippen molar-refractivity contribution in [2.45, 2.75) is 19.3 Å². The number of carboxylic acid groups (broad SMARTS) is 1. The van der Waals surface area contributed by atoms with Crippen LogP contribution in [-0.2, 0) is 4.79 Å². The molecule has 1 unspecified atom stereocenters. The van der Waals surface area contributed by atoms with E-state index < -0.39 is 11.9 Å². The Morgan fingerprint density at radius 3 is 2.23 bits per heavy atom. The quantitative estimate of drug-likeness (QED) is 0.802. The standard InChI is InChI=1S/C17H14Cl2O3/c1-10-2-4-11(5-3-10)13(17(21)22)9-16(20)12-6-7-14(18)15(19)8-12/h2-8,13H,9H2,1H3,(H,21,22). The minimum absolute atomic E-state index is 0.129. The highest BCUT2D eigenvalue weighted by Crippen LogP contribution is 2.26. The lowest BCUT2D eigenvalue weighted by atomic mass is 9.91. The molecule has 114 valence electrons.